The molecule has 0 spiro atoms. The summed E-state index contributed by atoms with van der Waals surface area (Å²) >= 11 is 0. The molecule has 3 amide bonds. The van der Waals surface area contributed by atoms with Crippen molar-refractivity contribution in [3.05, 3.63) is 0 Å². The Balaban J connectivity index is 5.03. The van der Waals surface area contributed by atoms with E-state index < -0.39 is 29.6 Å². The van der Waals surface area contributed by atoms with Gasteiger partial charge in [0.15, 0.2) is 0 Å². The number of hydrogen-bond donors (Lipinski definition) is 1. The second-order valence-electron chi connectivity index (χ2n) is 5.89. The van der Waals surface area contributed by atoms with Crippen LogP contribution in [0.4, 0.5) is 9.59 Å². The molecule has 0 bridgehead atoms. The summed E-state index contributed by atoms with van der Waals surface area (Å²) in [4.78, 5) is 35.6. The molecule has 7 heteroatoms. The van der Waals surface area contributed by atoms with Crippen LogP contribution < -0.4 is 5.43 Å². The number of carbonyl (C=O) groups is 3. The van der Waals surface area contributed by atoms with Gasteiger partial charge in [0.1, 0.15) is 0 Å². The Hall–Kier alpha value is -1.79. The zero-order valence-electron chi connectivity index (χ0n) is 13.1. The average Bonchev–Trinajstić information content (AvgIpc) is 2.21. The van der Waals surface area contributed by atoms with Crippen LogP contribution in [0.3, 0.4) is 0 Å². The van der Waals surface area contributed by atoms with Crippen LogP contribution in [0, 0.1) is 5.41 Å². The number of ether oxygens (including phenoxy) is 2. The first kappa shape index (κ1) is 18.2. The van der Waals surface area contributed by atoms with E-state index in [4.69, 9.17) is 9.47 Å². The molecule has 0 atom stereocenters. The topological polar surface area (TPSA) is 84.9 Å². The number of hydrogen-bond acceptors (Lipinski definition) is 5. The van der Waals surface area contributed by atoms with E-state index in [1.807, 2.05) is 0 Å². The van der Waals surface area contributed by atoms with Crippen molar-refractivity contribution in [1.82, 2.24) is 10.4 Å². The van der Waals surface area contributed by atoms with Crippen molar-refractivity contribution in [3.63, 3.8) is 0 Å². The second kappa shape index (κ2) is 7.12. The average molecular weight is 288 g/mol. The summed E-state index contributed by atoms with van der Waals surface area (Å²) in [5.41, 5.74) is 1.25. The van der Waals surface area contributed by atoms with Crippen molar-refractivity contribution >= 4 is 18.1 Å². The Bertz CT molecular complexity index is 371. The monoisotopic (exact) mass is 288 g/mol. The van der Waals surface area contributed by atoms with E-state index >= 15 is 0 Å². The highest BCUT2D eigenvalue weighted by Gasteiger charge is 2.34. The number of nitrogens with one attached hydrogen (secondary N) is 1. The predicted octanol–water partition coefficient (Wildman–Crippen LogP) is 2.46. The van der Waals surface area contributed by atoms with Gasteiger partial charge in [0, 0.05) is 5.41 Å². The first-order chi connectivity index (χ1) is 8.95. The van der Waals surface area contributed by atoms with E-state index in [0.29, 0.717) is 5.01 Å². The van der Waals surface area contributed by atoms with Gasteiger partial charge in [0.2, 0.25) is 0 Å². The molecular weight excluding hydrogens is 264 g/mol. The van der Waals surface area contributed by atoms with Crippen molar-refractivity contribution < 1.29 is 23.9 Å². The quantitative estimate of drug-likeness (QED) is 0.789. The first-order valence-electron chi connectivity index (χ1n) is 6.47. The Morgan fingerprint density at radius 1 is 0.950 bits per heavy atom. The van der Waals surface area contributed by atoms with Crippen molar-refractivity contribution in [1.29, 1.82) is 0 Å². The molecule has 0 aliphatic rings. The largest absolute Gasteiger partial charge is 0.446 e. The number of nitrogens with zero attached hydrogens (tertiary/aromatic N) is 1. The number of carbonyl (C=O) groups excluding carboxylic acids is 3. The third-order valence-corrected chi connectivity index (χ3v) is 1.91. The van der Waals surface area contributed by atoms with E-state index in [1.54, 1.807) is 48.5 Å². The van der Waals surface area contributed by atoms with Crippen molar-refractivity contribution in [3.8, 4) is 0 Å². The first-order valence-corrected chi connectivity index (χ1v) is 6.47. The Kier molecular flexibility index (Phi) is 6.48. The summed E-state index contributed by atoms with van der Waals surface area (Å²) < 4.78 is 9.78. The lowest BCUT2D eigenvalue weighted by Gasteiger charge is -2.27. The molecule has 116 valence electrons. The predicted molar refractivity (Wildman–Crippen MR) is 72.7 cm³/mol. The van der Waals surface area contributed by atoms with Crippen LogP contribution in [0.5, 0.6) is 0 Å². The second-order valence-corrected chi connectivity index (χ2v) is 5.89. The van der Waals surface area contributed by atoms with Crippen LogP contribution in [-0.4, -0.2) is 35.3 Å². The van der Waals surface area contributed by atoms with Crippen molar-refractivity contribution in [2.24, 2.45) is 5.41 Å². The highest BCUT2D eigenvalue weighted by atomic mass is 16.6. The molecule has 0 aromatic rings. The minimum Gasteiger partial charge on any atom is -0.446 e. The van der Waals surface area contributed by atoms with Crippen LogP contribution in [0.25, 0.3) is 0 Å². The summed E-state index contributed by atoms with van der Waals surface area (Å²) in [6, 6.07) is 0. The van der Waals surface area contributed by atoms with Crippen LogP contribution >= 0.6 is 0 Å². The number of amides is 3. The van der Waals surface area contributed by atoms with E-state index in [2.05, 4.69) is 5.43 Å². The molecule has 0 unspecified atom stereocenters. The van der Waals surface area contributed by atoms with Crippen LogP contribution in [0.1, 0.15) is 48.5 Å². The Morgan fingerprint density at radius 3 is 1.75 bits per heavy atom. The maximum Gasteiger partial charge on any atom is 0.436 e. The molecule has 1 N–H and O–H groups in total. The van der Waals surface area contributed by atoms with E-state index in [0.717, 1.165) is 0 Å². The normalized spacial score (nSPS) is 11.2. The molecule has 0 fully saturated rings. The molecule has 0 saturated carbocycles. The van der Waals surface area contributed by atoms with Gasteiger partial charge in [-0.25, -0.2) is 15.0 Å². The SMILES string of the molecule is CC(C)OC(=O)NN(C(=O)OC(C)C)C(=O)C(C)(C)C. The lowest BCUT2D eigenvalue weighted by atomic mass is 9.95. The summed E-state index contributed by atoms with van der Waals surface area (Å²) in [6.45, 7) is 11.5. The minimum atomic E-state index is -0.944. The molecule has 20 heavy (non-hydrogen) atoms. The number of hydrazine groups is 1. The lowest BCUT2D eigenvalue weighted by Crippen LogP contribution is -2.54. The summed E-state index contributed by atoms with van der Waals surface area (Å²) in [6.07, 6.45) is -2.62. The Morgan fingerprint density at radius 2 is 1.40 bits per heavy atom. The molecule has 0 aromatic heterocycles. The van der Waals surface area contributed by atoms with E-state index in [1.165, 1.54) is 0 Å². The highest BCUT2D eigenvalue weighted by Crippen LogP contribution is 2.17. The minimum absolute atomic E-state index is 0.372. The van der Waals surface area contributed by atoms with Gasteiger partial charge in [-0.15, -0.1) is 5.01 Å². The molecule has 0 rings (SSSR count). The van der Waals surface area contributed by atoms with Gasteiger partial charge < -0.3 is 9.47 Å². The lowest BCUT2D eigenvalue weighted by molar-refractivity contribution is -0.140. The number of imide groups is 1. The van der Waals surface area contributed by atoms with Gasteiger partial charge >= 0.3 is 12.2 Å². The van der Waals surface area contributed by atoms with E-state index in [9.17, 15) is 14.4 Å². The fourth-order valence-corrected chi connectivity index (χ4v) is 1.10. The fourth-order valence-electron chi connectivity index (χ4n) is 1.10. The van der Waals surface area contributed by atoms with Gasteiger partial charge in [-0.3, -0.25) is 4.79 Å². The summed E-state index contributed by atoms with van der Waals surface area (Å²) in [7, 11) is 0. The Labute approximate surface area is 119 Å². The molecule has 0 aromatic carbocycles. The van der Waals surface area contributed by atoms with Crippen LogP contribution in [0.15, 0.2) is 0 Å². The molecular formula is C13H24N2O5. The molecule has 7 nitrogen and oxygen atoms in total. The molecule has 0 saturated heterocycles. The summed E-state index contributed by atoms with van der Waals surface area (Å²) in [5, 5.41) is 0.546. The fraction of sp³-hybridized carbons (Fsp3) is 0.769. The van der Waals surface area contributed by atoms with Crippen LogP contribution in [0.2, 0.25) is 0 Å². The molecule has 0 heterocycles. The highest BCUT2D eigenvalue weighted by molar-refractivity contribution is 5.96. The van der Waals surface area contributed by atoms with Gasteiger partial charge in [-0.1, -0.05) is 20.8 Å². The molecule has 0 radical (unpaired) electrons. The standard InChI is InChI=1S/C13H24N2O5/c1-8(2)19-11(17)14-15(10(16)13(5,6)7)12(18)20-9(3)4/h8-9H,1-7H3,(H,14,17). The zero-order chi connectivity index (χ0) is 16.1. The van der Waals surface area contributed by atoms with Gasteiger partial charge in [0.25, 0.3) is 5.91 Å². The van der Waals surface area contributed by atoms with Gasteiger partial charge in [0.05, 0.1) is 12.2 Å². The smallest absolute Gasteiger partial charge is 0.436 e. The molecule has 0 aliphatic heterocycles. The van der Waals surface area contributed by atoms with E-state index in [-0.39, 0.29) is 6.10 Å². The molecule has 0 aliphatic carbocycles. The zero-order valence-corrected chi connectivity index (χ0v) is 13.1. The third-order valence-electron chi connectivity index (χ3n) is 1.91. The maximum absolute atomic E-state index is 12.2. The van der Waals surface area contributed by atoms with Gasteiger partial charge in [-0.2, -0.15) is 0 Å². The third kappa shape index (κ3) is 6.40. The maximum atomic E-state index is 12.2. The van der Waals surface area contributed by atoms with Crippen molar-refractivity contribution in [2.75, 3.05) is 0 Å². The summed E-state index contributed by atoms with van der Waals surface area (Å²) in [5.74, 6) is -0.594. The van der Waals surface area contributed by atoms with Crippen molar-refractivity contribution in [2.45, 2.75) is 60.7 Å². The number of rotatable bonds is 2. The van der Waals surface area contributed by atoms with Crippen LogP contribution in [-0.2, 0) is 14.3 Å². The van der Waals surface area contributed by atoms with Gasteiger partial charge in [-0.05, 0) is 27.7 Å².